The summed E-state index contributed by atoms with van der Waals surface area (Å²) in [6.45, 7) is 0. The Labute approximate surface area is 197 Å². The lowest BCUT2D eigenvalue weighted by Crippen LogP contribution is -2.40. The molecule has 0 bridgehead atoms. The summed E-state index contributed by atoms with van der Waals surface area (Å²) in [5.41, 5.74) is 3.27. The van der Waals surface area contributed by atoms with E-state index in [1.165, 1.54) is 42.5 Å². The maximum Gasteiger partial charge on any atom is 0.194 e. The summed E-state index contributed by atoms with van der Waals surface area (Å²) in [6.07, 6.45) is 10.2. The molecular formula is C25H25N5S2. The van der Waals surface area contributed by atoms with Gasteiger partial charge in [0.2, 0.25) is 0 Å². The summed E-state index contributed by atoms with van der Waals surface area (Å²) >= 11 is 7.65. The van der Waals surface area contributed by atoms with Crippen molar-refractivity contribution in [2.24, 2.45) is 0 Å². The average Bonchev–Trinajstić information content (AvgIpc) is 3.56. The van der Waals surface area contributed by atoms with E-state index in [0.717, 1.165) is 21.5 Å². The molecule has 0 radical (unpaired) electrons. The van der Waals surface area contributed by atoms with E-state index in [-0.39, 0.29) is 12.1 Å². The maximum atomic E-state index is 5.93. The molecule has 1 aliphatic carbocycles. The number of thiazole rings is 1. The topological polar surface area (TPSA) is 46.0 Å². The molecule has 1 aliphatic heterocycles. The Morgan fingerprint density at radius 1 is 0.969 bits per heavy atom. The fourth-order valence-corrected chi connectivity index (χ4v) is 6.57. The van der Waals surface area contributed by atoms with Gasteiger partial charge in [-0.05, 0) is 61.5 Å². The van der Waals surface area contributed by atoms with Gasteiger partial charge in [-0.3, -0.25) is 9.55 Å². The number of hydrogen-bond donors (Lipinski definition) is 1. The molecule has 1 aromatic carbocycles. The molecule has 32 heavy (non-hydrogen) atoms. The van der Waals surface area contributed by atoms with Crippen LogP contribution < -0.4 is 5.32 Å². The van der Waals surface area contributed by atoms with Crippen molar-refractivity contribution >= 4 is 38.9 Å². The minimum absolute atomic E-state index is 0.00801. The standard InChI is InChI=1S/C25H25N5S2/c31-24-28-22(19-12-6-7-15-26-19)23(30(24)17-9-2-1-3-10-17)20-13-8-16-29(20)25-27-18-11-4-5-14-21(18)32-25/h4-8,11-17,22-23H,1-3,9-10H2,(H,28,31)/t22-,23+/m0/s1. The average molecular weight is 460 g/mol. The Kier molecular flexibility index (Phi) is 5.15. The van der Waals surface area contributed by atoms with Crippen LogP contribution in [-0.2, 0) is 0 Å². The Morgan fingerprint density at radius 3 is 2.62 bits per heavy atom. The van der Waals surface area contributed by atoms with Crippen LogP contribution in [0.4, 0.5) is 0 Å². The number of nitrogens with one attached hydrogen (secondary N) is 1. The number of pyridine rings is 1. The van der Waals surface area contributed by atoms with Gasteiger partial charge in [0.1, 0.15) is 0 Å². The van der Waals surface area contributed by atoms with Gasteiger partial charge in [-0.25, -0.2) is 4.98 Å². The highest BCUT2D eigenvalue weighted by Crippen LogP contribution is 2.43. The number of rotatable bonds is 4. The molecule has 0 spiro atoms. The minimum Gasteiger partial charge on any atom is -0.352 e. The third kappa shape index (κ3) is 3.40. The molecule has 2 atom stereocenters. The summed E-state index contributed by atoms with van der Waals surface area (Å²) in [5.74, 6) is 0. The highest BCUT2D eigenvalue weighted by molar-refractivity contribution is 7.80. The van der Waals surface area contributed by atoms with Crippen LogP contribution in [0.5, 0.6) is 0 Å². The van der Waals surface area contributed by atoms with Crippen molar-refractivity contribution in [1.29, 1.82) is 0 Å². The Morgan fingerprint density at radius 2 is 1.81 bits per heavy atom. The zero-order chi connectivity index (χ0) is 21.5. The van der Waals surface area contributed by atoms with E-state index in [9.17, 15) is 0 Å². The van der Waals surface area contributed by atoms with Gasteiger partial charge in [-0.1, -0.05) is 48.8 Å². The second-order valence-corrected chi connectivity index (χ2v) is 9.99. The molecule has 7 heteroatoms. The minimum atomic E-state index is 0.00801. The smallest absolute Gasteiger partial charge is 0.194 e. The van der Waals surface area contributed by atoms with Crippen molar-refractivity contribution in [2.45, 2.75) is 50.2 Å². The van der Waals surface area contributed by atoms with Crippen molar-refractivity contribution in [3.63, 3.8) is 0 Å². The maximum absolute atomic E-state index is 5.93. The molecule has 4 aromatic rings. The lowest BCUT2D eigenvalue weighted by molar-refractivity contribution is 0.193. The molecule has 3 aromatic heterocycles. The number of nitrogens with zero attached hydrogens (tertiary/aromatic N) is 4. The number of para-hydroxylation sites is 1. The summed E-state index contributed by atoms with van der Waals surface area (Å²) in [6, 6.07) is 19.3. The second-order valence-electron chi connectivity index (χ2n) is 8.59. The highest BCUT2D eigenvalue weighted by Gasteiger charge is 2.44. The van der Waals surface area contributed by atoms with Crippen LogP contribution in [0, 0.1) is 0 Å². The summed E-state index contributed by atoms with van der Waals surface area (Å²) in [5, 5.41) is 5.46. The second kappa shape index (κ2) is 8.30. The molecule has 0 amide bonds. The molecule has 5 nitrogen and oxygen atoms in total. The Balaban J connectivity index is 1.47. The van der Waals surface area contributed by atoms with Gasteiger partial charge in [0.25, 0.3) is 0 Å². The lowest BCUT2D eigenvalue weighted by atomic mass is 9.92. The van der Waals surface area contributed by atoms with Gasteiger partial charge in [0.05, 0.1) is 33.7 Å². The number of aromatic nitrogens is 3. The normalized spacial score (nSPS) is 21.9. The first-order chi connectivity index (χ1) is 15.8. The van der Waals surface area contributed by atoms with E-state index >= 15 is 0 Å². The SMILES string of the molecule is S=C1N[C@@H](c2ccccn2)[C@@H](c2cccn2-c2nc3ccccc3s2)N1C1CCCCC1. The molecule has 1 N–H and O–H groups in total. The number of hydrogen-bond acceptors (Lipinski definition) is 4. The molecule has 0 unspecified atom stereocenters. The van der Waals surface area contributed by atoms with E-state index < -0.39 is 0 Å². The lowest BCUT2D eigenvalue weighted by Gasteiger charge is -2.37. The molecule has 2 aliphatic rings. The Hall–Kier alpha value is -2.77. The molecular weight excluding hydrogens is 434 g/mol. The monoisotopic (exact) mass is 459 g/mol. The predicted molar refractivity (Wildman–Crippen MR) is 133 cm³/mol. The van der Waals surface area contributed by atoms with Crippen LogP contribution in [0.1, 0.15) is 55.6 Å². The molecule has 1 saturated carbocycles. The largest absolute Gasteiger partial charge is 0.352 e. The van der Waals surface area contributed by atoms with Gasteiger partial charge in [-0.15, -0.1) is 0 Å². The number of benzene rings is 1. The van der Waals surface area contributed by atoms with E-state index in [0.29, 0.717) is 6.04 Å². The van der Waals surface area contributed by atoms with E-state index in [2.05, 4.69) is 63.4 Å². The number of thiocarbonyl (C=S) groups is 1. The predicted octanol–water partition coefficient (Wildman–Crippen LogP) is 5.79. The molecule has 1 saturated heterocycles. The fraction of sp³-hybridized carbons (Fsp3) is 0.320. The Bertz CT molecular complexity index is 1210. The van der Waals surface area contributed by atoms with Gasteiger partial charge in [0, 0.05) is 18.4 Å². The van der Waals surface area contributed by atoms with E-state index in [4.69, 9.17) is 22.2 Å². The van der Waals surface area contributed by atoms with E-state index in [1.807, 2.05) is 18.3 Å². The van der Waals surface area contributed by atoms with Gasteiger partial charge >= 0.3 is 0 Å². The summed E-state index contributed by atoms with van der Waals surface area (Å²) in [7, 11) is 0. The van der Waals surface area contributed by atoms with Crippen molar-refractivity contribution in [3.8, 4) is 5.13 Å². The quantitative estimate of drug-likeness (QED) is 0.392. The van der Waals surface area contributed by atoms with Crippen molar-refractivity contribution in [3.05, 3.63) is 78.4 Å². The van der Waals surface area contributed by atoms with Crippen LogP contribution in [-0.4, -0.2) is 30.6 Å². The van der Waals surface area contributed by atoms with Crippen molar-refractivity contribution < 1.29 is 0 Å². The first-order valence-electron chi connectivity index (χ1n) is 11.3. The first kappa shape index (κ1) is 19.9. The molecule has 2 fully saturated rings. The van der Waals surface area contributed by atoms with Gasteiger partial charge in [-0.2, -0.15) is 0 Å². The van der Waals surface area contributed by atoms with Crippen molar-refractivity contribution in [1.82, 2.24) is 24.8 Å². The van der Waals surface area contributed by atoms with Crippen LogP contribution in [0.3, 0.4) is 0 Å². The fourth-order valence-electron chi connectivity index (χ4n) is 5.21. The van der Waals surface area contributed by atoms with Gasteiger partial charge in [0.15, 0.2) is 10.2 Å². The number of fused-ring (bicyclic) bond motifs is 1. The highest BCUT2D eigenvalue weighted by atomic mass is 32.1. The molecule has 162 valence electrons. The third-order valence-corrected chi connectivity index (χ3v) is 8.04. The van der Waals surface area contributed by atoms with Crippen LogP contribution in [0.2, 0.25) is 0 Å². The van der Waals surface area contributed by atoms with Gasteiger partial charge < -0.3 is 10.2 Å². The van der Waals surface area contributed by atoms with Crippen LogP contribution in [0.25, 0.3) is 15.3 Å². The van der Waals surface area contributed by atoms with Crippen molar-refractivity contribution in [2.75, 3.05) is 0 Å². The summed E-state index contributed by atoms with van der Waals surface area (Å²) in [4.78, 5) is 12.1. The summed E-state index contributed by atoms with van der Waals surface area (Å²) < 4.78 is 3.45. The third-order valence-electron chi connectivity index (χ3n) is 6.68. The first-order valence-corrected chi connectivity index (χ1v) is 12.5. The zero-order valence-corrected chi connectivity index (χ0v) is 19.4. The van der Waals surface area contributed by atoms with Crippen LogP contribution in [0.15, 0.2) is 67.0 Å². The zero-order valence-electron chi connectivity index (χ0n) is 17.7. The van der Waals surface area contributed by atoms with E-state index in [1.54, 1.807) is 11.3 Å². The molecule has 6 rings (SSSR count). The molecule has 4 heterocycles. The van der Waals surface area contributed by atoms with Crippen LogP contribution >= 0.6 is 23.6 Å².